The van der Waals surface area contributed by atoms with Crippen LogP contribution < -0.4 is 10.6 Å². The van der Waals surface area contributed by atoms with Gasteiger partial charge in [-0.1, -0.05) is 23.7 Å². The SMILES string of the molecule is O=C(Nc1ccc([C@H]2CNCCO2)cc1)c1ccc(Cl)cc1F. The van der Waals surface area contributed by atoms with Gasteiger partial charge >= 0.3 is 0 Å². The van der Waals surface area contributed by atoms with E-state index in [9.17, 15) is 9.18 Å². The molecule has 2 aromatic carbocycles. The number of ether oxygens (including phenoxy) is 1. The smallest absolute Gasteiger partial charge is 0.258 e. The van der Waals surface area contributed by atoms with Crippen molar-refractivity contribution in [2.45, 2.75) is 6.10 Å². The molecule has 0 aliphatic carbocycles. The van der Waals surface area contributed by atoms with Crippen molar-refractivity contribution in [2.24, 2.45) is 0 Å². The molecular formula is C17H16ClFN2O2. The van der Waals surface area contributed by atoms with Gasteiger partial charge in [0.05, 0.1) is 18.3 Å². The van der Waals surface area contributed by atoms with E-state index in [2.05, 4.69) is 10.6 Å². The van der Waals surface area contributed by atoms with E-state index in [0.29, 0.717) is 12.3 Å². The quantitative estimate of drug-likeness (QED) is 0.904. The normalized spacial score (nSPS) is 17.7. The molecule has 1 saturated heterocycles. The second-order valence-electron chi connectivity index (χ2n) is 5.26. The van der Waals surface area contributed by atoms with Gasteiger partial charge in [-0.2, -0.15) is 0 Å². The van der Waals surface area contributed by atoms with E-state index < -0.39 is 11.7 Å². The van der Waals surface area contributed by atoms with Crippen LogP contribution in [0.25, 0.3) is 0 Å². The zero-order chi connectivity index (χ0) is 16.2. The number of amides is 1. The third-order valence-corrected chi connectivity index (χ3v) is 3.88. The van der Waals surface area contributed by atoms with Gasteiger partial charge in [-0.25, -0.2) is 4.39 Å². The largest absolute Gasteiger partial charge is 0.371 e. The lowest BCUT2D eigenvalue weighted by Crippen LogP contribution is -2.33. The second-order valence-corrected chi connectivity index (χ2v) is 5.70. The number of carbonyl (C=O) groups is 1. The van der Waals surface area contributed by atoms with Crippen molar-refractivity contribution in [3.05, 3.63) is 64.4 Å². The van der Waals surface area contributed by atoms with Crippen LogP contribution in [-0.2, 0) is 4.74 Å². The highest BCUT2D eigenvalue weighted by Crippen LogP contribution is 2.21. The van der Waals surface area contributed by atoms with Crippen molar-refractivity contribution in [3.8, 4) is 0 Å². The minimum atomic E-state index is -0.645. The van der Waals surface area contributed by atoms with Gasteiger partial charge in [-0.3, -0.25) is 4.79 Å². The number of carbonyl (C=O) groups excluding carboxylic acids is 1. The molecule has 6 heteroatoms. The summed E-state index contributed by atoms with van der Waals surface area (Å²) < 4.78 is 19.4. The third kappa shape index (κ3) is 3.88. The summed E-state index contributed by atoms with van der Waals surface area (Å²) in [7, 11) is 0. The van der Waals surface area contributed by atoms with Crippen LogP contribution in [0.15, 0.2) is 42.5 Å². The average molecular weight is 335 g/mol. The van der Waals surface area contributed by atoms with Crippen LogP contribution in [0, 0.1) is 5.82 Å². The second kappa shape index (κ2) is 7.08. The molecule has 0 saturated carbocycles. The zero-order valence-corrected chi connectivity index (χ0v) is 13.1. The molecule has 23 heavy (non-hydrogen) atoms. The number of anilines is 1. The summed E-state index contributed by atoms with van der Waals surface area (Å²) >= 11 is 5.68. The van der Waals surface area contributed by atoms with Gasteiger partial charge < -0.3 is 15.4 Å². The summed E-state index contributed by atoms with van der Waals surface area (Å²) in [4.78, 5) is 12.1. The van der Waals surface area contributed by atoms with Crippen molar-refractivity contribution in [2.75, 3.05) is 25.0 Å². The maximum Gasteiger partial charge on any atom is 0.258 e. The highest BCUT2D eigenvalue weighted by Gasteiger charge is 2.16. The predicted octanol–water partition coefficient (Wildman–Crippen LogP) is 3.39. The fraction of sp³-hybridized carbons (Fsp3) is 0.235. The Morgan fingerprint density at radius 3 is 2.70 bits per heavy atom. The van der Waals surface area contributed by atoms with Gasteiger partial charge in [0.1, 0.15) is 5.82 Å². The number of rotatable bonds is 3. The lowest BCUT2D eigenvalue weighted by molar-refractivity contribution is 0.0277. The van der Waals surface area contributed by atoms with Gasteiger partial charge in [-0.15, -0.1) is 0 Å². The highest BCUT2D eigenvalue weighted by molar-refractivity contribution is 6.30. The van der Waals surface area contributed by atoms with E-state index in [1.165, 1.54) is 12.1 Å². The first kappa shape index (κ1) is 15.9. The first-order valence-corrected chi connectivity index (χ1v) is 7.70. The molecule has 4 nitrogen and oxygen atoms in total. The number of benzene rings is 2. The molecule has 0 spiro atoms. The van der Waals surface area contributed by atoms with E-state index in [1.54, 1.807) is 12.1 Å². The molecule has 0 radical (unpaired) electrons. The molecule has 1 fully saturated rings. The molecule has 0 aromatic heterocycles. The van der Waals surface area contributed by atoms with E-state index in [0.717, 1.165) is 24.7 Å². The van der Waals surface area contributed by atoms with Gasteiger partial charge in [0.15, 0.2) is 0 Å². The van der Waals surface area contributed by atoms with Crippen LogP contribution in [0.5, 0.6) is 0 Å². The van der Waals surface area contributed by atoms with Crippen LogP contribution >= 0.6 is 11.6 Å². The van der Waals surface area contributed by atoms with Crippen molar-refractivity contribution < 1.29 is 13.9 Å². The van der Waals surface area contributed by atoms with Crippen molar-refractivity contribution in [3.63, 3.8) is 0 Å². The standard InChI is InChI=1S/C17H16ClFN2O2/c18-12-3-6-14(15(19)9-12)17(22)21-13-4-1-11(2-5-13)16-10-20-7-8-23-16/h1-6,9,16,20H,7-8,10H2,(H,21,22)/t16-/m1/s1. The summed E-state index contributed by atoms with van der Waals surface area (Å²) in [5, 5.41) is 6.19. The lowest BCUT2D eigenvalue weighted by Gasteiger charge is -2.24. The number of nitrogens with one attached hydrogen (secondary N) is 2. The van der Waals surface area contributed by atoms with Gasteiger partial charge in [-0.05, 0) is 35.9 Å². The minimum absolute atomic E-state index is 0.0159. The Bertz CT molecular complexity index is 700. The van der Waals surface area contributed by atoms with Crippen LogP contribution in [0.3, 0.4) is 0 Å². The monoisotopic (exact) mass is 334 g/mol. The molecule has 1 heterocycles. The Kier molecular flexibility index (Phi) is 4.91. The summed E-state index contributed by atoms with van der Waals surface area (Å²) in [5.74, 6) is -1.16. The minimum Gasteiger partial charge on any atom is -0.371 e. The van der Waals surface area contributed by atoms with Crippen LogP contribution in [0.1, 0.15) is 22.0 Å². The zero-order valence-electron chi connectivity index (χ0n) is 12.3. The molecule has 2 N–H and O–H groups in total. The predicted molar refractivity (Wildman–Crippen MR) is 87.4 cm³/mol. The van der Waals surface area contributed by atoms with Crippen LogP contribution in [-0.4, -0.2) is 25.6 Å². The van der Waals surface area contributed by atoms with E-state index >= 15 is 0 Å². The van der Waals surface area contributed by atoms with Crippen LogP contribution in [0.4, 0.5) is 10.1 Å². The number of halogens is 2. The van der Waals surface area contributed by atoms with Crippen molar-refractivity contribution in [1.29, 1.82) is 0 Å². The van der Waals surface area contributed by atoms with Gasteiger partial charge in [0, 0.05) is 23.8 Å². The third-order valence-electron chi connectivity index (χ3n) is 3.64. The number of hydrogen-bond donors (Lipinski definition) is 2. The molecule has 2 aromatic rings. The summed E-state index contributed by atoms with van der Waals surface area (Å²) in [6, 6.07) is 11.3. The highest BCUT2D eigenvalue weighted by atomic mass is 35.5. The van der Waals surface area contributed by atoms with Crippen molar-refractivity contribution >= 4 is 23.2 Å². The molecular weight excluding hydrogens is 319 g/mol. The molecule has 1 amide bonds. The summed E-state index contributed by atoms with van der Waals surface area (Å²) in [5.41, 5.74) is 1.59. The average Bonchev–Trinajstić information content (AvgIpc) is 2.56. The molecule has 0 bridgehead atoms. The molecule has 1 aliphatic heterocycles. The van der Waals surface area contributed by atoms with Crippen molar-refractivity contribution in [1.82, 2.24) is 5.32 Å². The van der Waals surface area contributed by atoms with E-state index in [-0.39, 0.29) is 16.7 Å². The number of hydrogen-bond acceptors (Lipinski definition) is 3. The Morgan fingerprint density at radius 2 is 2.04 bits per heavy atom. The molecule has 3 rings (SSSR count). The Labute approximate surface area is 138 Å². The first-order chi connectivity index (χ1) is 11.1. The van der Waals surface area contributed by atoms with Crippen LogP contribution in [0.2, 0.25) is 5.02 Å². The maximum absolute atomic E-state index is 13.7. The Balaban J connectivity index is 1.69. The van der Waals surface area contributed by atoms with Gasteiger partial charge in [0.25, 0.3) is 5.91 Å². The van der Waals surface area contributed by atoms with E-state index in [4.69, 9.17) is 16.3 Å². The first-order valence-electron chi connectivity index (χ1n) is 7.32. The molecule has 1 atom stereocenters. The molecule has 1 aliphatic rings. The maximum atomic E-state index is 13.7. The van der Waals surface area contributed by atoms with Gasteiger partial charge in [0.2, 0.25) is 0 Å². The molecule has 120 valence electrons. The summed E-state index contributed by atoms with van der Waals surface area (Å²) in [6.07, 6.45) is 0.0159. The Morgan fingerprint density at radius 1 is 1.26 bits per heavy atom. The lowest BCUT2D eigenvalue weighted by atomic mass is 10.1. The Hall–Kier alpha value is -1.95. The topological polar surface area (TPSA) is 50.4 Å². The number of morpholine rings is 1. The summed E-state index contributed by atoms with van der Waals surface area (Å²) in [6.45, 7) is 2.30. The fourth-order valence-corrected chi connectivity index (χ4v) is 2.59. The van der Waals surface area contributed by atoms with E-state index in [1.807, 2.05) is 12.1 Å². The molecule has 0 unspecified atom stereocenters. The fourth-order valence-electron chi connectivity index (χ4n) is 2.43.